The third-order valence-corrected chi connectivity index (χ3v) is 4.40. The molecule has 142 valence electrons. The Bertz CT molecular complexity index is 511. The van der Waals surface area contributed by atoms with E-state index < -0.39 is 0 Å². The molecule has 25 heavy (non-hydrogen) atoms. The van der Waals surface area contributed by atoms with Crippen LogP contribution in [-0.4, -0.2) is 52.0 Å². The molecule has 1 aliphatic heterocycles. The van der Waals surface area contributed by atoms with Crippen LogP contribution >= 0.6 is 39.9 Å². The zero-order valence-corrected chi connectivity index (χ0v) is 18.7. The number of rotatable bonds is 9. The summed E-state index contributed by atoms with van der Waals surface area (Å²) in [7, 11) is 1.80. The molecular weight excluding hydrogens is 497 g/mol. The smallest absolute Gasteiger partial charge is 0.190 e. The summed E-state index contributed by atoms with van der Waals surface area (Å²) in [6.07, 6.45) is 4.41. The Kier molecular flexibility index (Phi) is 12.5. The maximum atomic E-state index is 5.75. The second kappa shape index (κ2) is 13.8. The molecule has 0 aromatic heterocycles. The van der Waals surface area contributed by atoms with E-state index in [-0.39, 0.29) is 24.0 Å². The van der Waals surface area contributed by atoms with Gasteiger partial charge >= 0.3 is 0 Å². The molecule has 2 N–H and O–H groups in total. The number of ether oxygens (including phenoxy) is 2. The molecule has 1 aliphatic rings. The first kappa shape index (κ1) is 22.7. The van der Waals surface area contributed by atoms with Crippen LogP contribution < -0.4 is 10.6 Å². The molecule has 0 amide bonds. The van der Waals surface area contributed by atoms with Gasteiger partial charge in [-0.15, -0.1) is 24.0 Å². The number of nitrogens with zero attached hydrogens (tertiary/aromatic N) is 1. The molecule has 1 atom stereocenters. The molecule has 0 spiro atoms. The largest absolute Gasteiger partial charge is 0.379 e. The van der Waals surface area contributed by atoms with Crippen LogP contribution in [0.4, 0.5) is 0 Å². The van der Waals surface area contributed by atoms with Crippen LogP contribution in [0.5, 0.6) is 0 Å². The Morgan fingerprint density at radius 3 is 2.80 bits per heavy atom. The van der Waals surface area contributed by atoms with Crippen LogP contribution in [0.15, 0.2) is 33.7 Å². The predicted octanol–water partition coefficient (Wildman–Crippen LogP) is 3.36. The van der Waals surface area contributed by atoms with Gasteiger partial charge in [0.1, 0.15) is 0 Å². The number of benzene rings is 1. The average molecular weight is 526 g/mol. The predicted molar refractivity (Wildman–Crippen MR) is 117 cm³/mol. The highest BCUT2D eigenvalue weighted by Gasteiger charge is 2.15. The average Bonchev–Trinajstić information content (AvgIpc) is 3.10. The van der Waals surface area contributed by atoms with Gasteiger partial charge in [-0.25, -0.2) is 0 Å². The van der Waals surface area contributed by atoms with Gasteiger partial charge in [0.2, 0.25) is 0 Å². The van der Waals surface area contributed by atoms with Crippen LogP contribution in [-0.2, 0) is 15.9 Å². The molecule has 1 saturated heterocycles. The fourth-order valence-electron chi connectivity index (χ4n) is 2.59. The summed E-state index contributed by atoms with van der Waals surface area (Å²) >= 11 is 3.51. The number of halogens is 2. The number of aryl methyl sites for hydroxylation is 1. The first-order valence-electron chi connectivity index (χ1n) is 8.66. The molecule has 5 nitrogen and oxygen atoms in total. The Morgan fingerprint density at radius 2 is 2.12 bits per heavy atom. The van der Waals surface area contributed by atoms with Crippen molar-refractivity contribution in [2.24, 2.45) is 4.99 Å². The molecule has 1 heterocycles. The third-order valence-electron chi connectivity index (χ3n) is 3.90. The fourth-order valence-corrected chi connectivity index (χ4v) is 3.03. The number of aliphatic imine (C=N–C) groups is 1. The Morgan fingerprint density at radius 1 is 1.32 bits per heavy atom. The molecule has 0 saturated carbocycles. The van der Waals surface area contributed by atoms with Gasteiger partial charge in [0, 0.05) is 37.8 Å². The van der Waals surface area contributed by atoms with E-state index in [0.29, 0.717) is 6.10 Å². The number of nitrogens with one attached hydrogen (secondary N) is 2. The third kappa shape index (κ3) is 9.77. The summed E-state index contributed by atoms with van der Waals surface area (Å²) in [4.78, 5) is 4.25. The van der Waals surface area contributed by atoms with Crippen molar-refractivity contribution in [1.29, 1.82) is 0 Å². The zero-order valence-electron chi connectivity index (χ0n) is 14.8. The maximum Gasteiger partial charge on any atom is 0.190 e. The van der Waals surface area contributed by atoms with Crippen molar-refractivity contribution >= 4 is 45.9 Å². The first-order chi connectivity index (χ1) is 11.8. The van der Waals surface area contributed by atoms with E-state index in [1.54, 1.807) is 7.05 Å². The van der Waals surface area contributed by atoms with Crippen molar-refractivity contribution in [3.05, 3.63) is 34.3 Å². The van der Waals surface area contributed by atoms with Gasteiger partial charge in [0.05, 0.1) is 12.7 Å². The van der Waals surface area contributed by atoms with Gasteiger partial charge in [-0.2, -0.15) is 0 Å². The summed E-state index contributed by atoms with van der Waals surface area (Å²) in [5.41, 5.74) is 1.35. The molecule has 1 fully saturated rings. The summed E-state index contributed by atoms with van der Waals surface area (Å²) in [5.74, 6) is 0.855. The van der Waals surface area contributed by atoms with Gasteiger partial charge in [-0.3, -0.25) is 4.99 Å². The summed E-state index contributed by atoms with van der Waals surface area (Å²) in [5, 5.41) is 6.68. The van der Waals surface area contributed by atoms with Crippen molar-refractivity contribution in [1.82, 2.24) is 10.6 Å². The molecule has 1 unspecified atom stereocenters. The maximum absolute atomic E-state index is 5.75. The van der Waals surface area contributed by atoms with Crippen molar-refractivity contribution in [3.8, 4) is 0 Å². The van der Waals surface area contributed by atoms with E-state index in [4.69, 9.17) is 9.47 Å². The lowest BCUT2D eigenvalue weighted by Crippen LogP contribution is -2.38. The van der Waals surface area contributed by atoms with Crippen LogP contribution in [0.3, 0.4) is 0 Å². The highest BCUT2D eigenvalue weighted by atomic mass is 127. The fraction of sp³-hybridized carbons (Fsp3) is 0.611. The minimum Gasteiger partial charge on any atom is -0.379 e. The molecule has 7 heteroatoms. The molecule has 0 aliphatic carbocycles. The quantitative estimate of drug-likeness (QED) is 0.225. The topological polar surface area (TPSA) is 54.9 Å². The monoisotopic (exact) mass is 525 g/mol. The summed E-state index contributed by atoms with van der Waals surface area (Å²) in [6, 6.07) is 8.46. The normalized spacial score (nSPS) is 17.2. The standard InChI is InChI=1S/C18H28BrN3O2.HI/c1-20-18(22-10-4-11-24-17-8-12-23-14-17)21-9-3-6-15-5-2-7-16(19)13-15;/h2,5,7,13,17H,3-4,6,8-12,14H2,1H3,(H2,20,21,22);1H. The van der Waals surface area contributed by atoms with Gasteiger partial charge in [-0.05, 0) is 43.4 Å². The van der Waals surface area contributed by atoms with Crippen LogP contribution in [0, 0.1) is 0 Å². The van der Waals surface area contributed by atoms with E-state index in [0.717, 1.165) is 69.0 Å². The lowest BCUT2D eigenvalue weighted by molar-refractivity contribution is 0.0420. The Labute approximate surface area is 176 Å². The Balaban J connectivity index is 0.00000312. The SMILES string of the molecule is CN=C(NCCCOC1CCOC1)NCCCc1cccc(Br)c1.I. The molecule has 1 aromatic carbocycles. The van der Waals surface area contributed by atoms with Crippen molar-refractivity contribution < 1.29 is 9.47 Å². The molecular formula is C18H29BrIN3O2. The number of hydrogen-bond donors (Lipinski definition) is 2. The van der Waals surface area contributed by atoms with Crippen LogP contribution in [0.1, 0.15) is 24.8 Å². The summed E-state index contributed by atoms with van der Waals surface area (Å²) in [6.45, 7) is 4.11. The van der Waals surface area contributed by atoms with E-state index in [1.165, 1.54) is 5.56 Å². The Hall–Kier alpha value is -0.380. The number of hydrogen-bond acceptors (Lipinski definition) is 3. The first-order valence-corrected chi connectivity index (χ1v) is 9.45. The minimum absolute atomic E-state index is 0. The highest BCUT2D eigenvalue weighted by molar-refractivity contribution is 14.0. The molecule has 0 bridgehead atoms. The van der Waals surface area contributed by atoms with Crippen LogP contribution in [0.2, 0.25) is 0 Å². The van der Waals surface area contributed by atoms with E-state index in [1.807, 2.05) is 0 Å². The van der Waals surface area contributed by atoms with Gasteiger partial charge in [-0.1, -0.05) is 28.1 Å². The lowest BCUT2D eigenvalue weighted by atomic mass is 10.1. The van der Waals surface area contributed by atoms with Crippen molar-refractivity contribution in [3.63, 3.8) is 0 Å². The van der Waals surface area contributed by atoms with Crippen molar-refractivity contribution in [2.45, 2.75) is 31.8 Å². The van der Waals surface area contributed by atoms with Gasteiger partial charge in [0.25, 0.3) is 0 Å². The second-order valence-electron chi connectivity index (χ2n) is 5.87. The minimum atomic E-state index is 0. The zero-order chi connectivity index (χ0) is 17.0. The van der Waals surface area contributed by atoms with Crippen molar-refractivity contribution in [2.75, 3.05) is 40.0 Å². The van der Waals surface area contributed by atoms with E-state index >= 15 is 0 Å². The summed E-state index contributed by atoms with van der Waals surface area (Å²) < 4.78 is 12.2. The van der Waals surface area contributed by atoms with Gasteiger partial charge in [0.15, 0.2) is 5.96 Å². The highest BCUT2D eigenvalue weighted by Crippen LogP contribution is 2.12. The number of guanidine groups is 1. The molecule has 0 radical (unpaired) electrons. The molecule has 1 aromatic rings. The lowest BCUT2D eigenvalue weighted by Gasteiger charge is -2.13. The molecule has 2 rings (SSSR count). The van der Waals surface area contributed by atoms with Crippen LogP contribution in [0.25, 0.3) is 0 Å². The van der Waals surface area contributed by atoms with Gasteiger partial charge < -0.3 is 20.1 Å². The second-order valence-corrected chi connectivity index (χ2v) is 6.78. The van der Waals surface area contributed by atoms with E-state index in [9.17, 15) is 0 Å². The van der Waals surface area contributed by atoms with E-state index in [2.05, 4.69) is 55.8 Å².